The van der Waals surface area contributed by atoms with Crippen molar-refractivity contribution in [3.05, 3.63) is 44.9 Å². The highest BCUT2D eigenvalue weighted by Gasteiger charge is 2.12. The van der Waals surface area contributed by atoms with Crippen molar-refractivity contribution in [2.75, 3.05) is 5.73 Å². The number of hydrogen-bond donors (Lipinski definition) is 1. The monoisotopic (exact) mass is 309 g/mol. The third-order valence-electron chi connectivity index (χ3n) is 3.20. The van der Waals surface area contributed by atoms with E-state index in [0.29, 0.717) is 18.0 Å². The van der Waals surface area contributed by atoms with E-state index in [1.807, 2.05) is 4.57 Å². The van der Waals surface area contributed by atoms with Gasteiger partial charge in [0.25, 0.3) is 0 Å². The van der Waals surface area contributed by atoms with Gasteiger partial charge in [-0.05, 0) is 24.6 Å². The average Bonchev–Trinajstić information content (AvgIpc) is 2.98. The topological polar surface area (TPSA) is 43.8 Å². The molecule has 0 unspecified atom stereocenters. The molecule has 0 aliphatic carbocycles. The molecule has 0 aliphatic rings. The molecule has 0 saturated heterocycles. The Morgan fingerprint density at radius 2 is 2.10 bits per heavy atom. The maximum absolute atomic E-state index is 13.4. The molecule has 6 heteroatoms. The molecule has 3 aromatic rings. The van der Waals surface area contributed by atoms with Crippen LogP contribution in [0.5, 0.6) is 0 Å². The number of halogens is 2. The summed E-state index contributed by atoms with van der Waals surface area (Å²) in [6, 6.07) is 7.09. The van der Waals surface area contributed by atoms with Crippen LogP contribution in [0.4, 0.5) is 10.3 Å². The maximum atomic E-state index is 13.4. The largest absolute Gasteiger partial charge is 0.369 e. The first-order valence-electron chi connectivity index (χ1n) is 6.27. The van der Waals surface area contributed by atoms with Crippen LogP contribution < -0.4 is 5.73 Å². The SMILES string of the molecule is CCc1ccc(Cn2c(N)nc3cc(F)c(Cl)cc32)s1. The fourth-order valence-corrected chi connectivity index (χ4v) is 3.26. The number of fused-ring (bicyclic) bond motifs is 1. The highest BCUT2D eigenvalue weighted by atomic mass is 35.5. The van der Waals surface area contributed by atoms with E-state index in [2.05, 4.69) is 24.0 Å². The number of imidazole rings is 1. The standard InChI is InChI=1S/C14H13ClFN3S/c1-2-8-3-4-9(20-8)7-19-13-5-10(15)11(16)6-12(13)18-14(19)17/h3-6H,2,7H2,1H3,(H2,17,18). The van der Waals surface area contributed by atoms with Gasteiger partial charge in [-0.3, -0.25) is 0 Å². The van der Waals surface area contributed by atoms with Crippen LogP contribution in [0.15, 0.2) is 24.3 Å². The molecule has 0 aliphatic heterocycles. The molecule has 20 heavy (non-hydrogen) atoms. The first kappa shape index (κ1) is 13.4. The fraction of sp³-hybridized carbons (Fsp3) is 0.214. The van der Waals surface area contributed by atoms with E-state index in [4.69, 9.17) is 17.3 Å². The summed E-state index contributed by atoms with van der Waals surface area (Å²) in [5.74, 6) is -0.110. The number of nitrogens with zero attached hydrogens (tertiary/aromatic N) is 2. The van der Waals surface area contributed by atoms with Crippen LogP contribution in [0.1, 0.15) is 16.7 Å². The van der Waals surface area contributed by atoms with Gasteiger partial charge in [-0.2, -0.15) is 0 Å². The van der Waals surface area contributed by atoms with Crippen LogP contribution >= 0.6 is 22.9 Å². The lowest BCUT2D eigenvalue weighted by Gasteiger charge is -2.05. The van der Waals surface area contributed by atoms with E-state index in [9.17, 15) is 4.39 Å². The van der Waals surface area contributed by atoms with Gasteiger partial charge in [0.2, 0.25) is 5.95 Å². The Balaban J connectivity index is 2.06. The van der Waals surface area contributed by atoms with Gasteiger partial charge in [-0.25, -0.2) is 9.37 Å². The number of aryl methyl sites for hydroxylation is 1. The van der Waals surface area contributed by atoms with Gasteiger partial charge in [0.05, 0.1) is 22.6 Å². The lowest BCUT2D eigenvalue weighted by molar-refractivity contribution is 0.629. The predicted octanol–water partition coefficient (Wildman–Crippen LogP) is 4.08. The predicted molar refractivity (Wildman–Crippen MR) is 81.9 cm³/mol. The third-order valence-corrected chi connectivity index (χ3v) is 4.70. The van der Waals surface area contributed by atoms with Crippen molar-refractivity contribution in [1.29, 1.82) is 0 Å². The molecule has 2 aromatic heterocycles. The van der Waals surface area contributed by atoms with Crippen molar-refractivity contribution in [2.45, 2.75) is 19.9 Å². The minimum absolute atomic E-state index is 0.0825. The highest BCUT2D eigenvalue weighted by molar-refractivity contribution is 7.11. The maximum Gasteiger partial charge on any atom is 0.201 e. The summed E-state index contributed by atoms with van der Waals surface area (Å²) >= 11 is 7.59. The second-order valence-corrected chi connectivity index (χ2v) is 6.19. The van der Waals surface area contributed by atoms with Gasteiger partial charge in [-0.15, -0.1) is 11.3 Å². The van der Waals surface area contributed by atoms with Crippen molar-refractivity contribution < 1.29 is 4.39 Å². The van der Waals surface area contributed by atoms with Crippen LogP contribution in [0.2, 0.25) is 5.02 Å². The van der Waals surface area contributed by atoms with Gasteiger partial charge in [-0.1, -0.05) is 18.5 Å². The molecule has 3 nitrogen and oxygen atoms in total. The molecule has 0 radical (unpaired) electrons. The van der Waals surface area contributed by atoms with Gasteiger partial charge in [0.15, 0.2) is 0 Å². The van der Waals surface area contributed by atoms with Gasteiger partial charge in [0.1, 0.15) is 5.82 Å². The number of anilines is 1. The number of aromatic nitrogens is 2. The molecular formula is C14H13ClFN3S. The second kappa shape index (κ2) is 5.07. The Labute approximate surface area is 124 Å². The molecule has 0 saturated carbocycles. The molecule has 0 amide bonds. The summed E-state index contributed by atoms with van der Waals surface area (Å²) in [4.78, 5) is 6.70. The summed E-state index contributed by atoms with van der Waals surface area (Å²) in [7, 11) is 0. The summed E-state index contributed by atoms with van der Waals surface area (Å²) in [5.41, 5.74) is 7.21. The van der Waals surface area contributed by atoms with E-state index in [-0.39, 0.29) is 5.02 Å². The van der Waals surface area contributed by atoms with E-state index in [1.54, 1.807) is 17.4 Å². The Hall–Kier alpha value is -1.59. The fourth-order valence-electron chi connectivity index (χ4n) is 2.16. The van der Waals surface area contributed by atoms with E-state index in [0.717, 1.165) is 11.9 Å². The van der Waals surface area contributed by atoms with Crippen molar-refractivity contribution >= 4 is 39.9 Å². The molecule has 0 bridgehead atoms. The summed E-state index contributed by atoms with van der Waals surface area (Å²) < 4.78 is 15.3. The quantitative estimate of drug-likeness (QED) is 0.792. The second-order valence-electron chi connectivity index (χ2n) is 4.53. The molecule has 2 N–H and O–H groups in total. The smallest absolute Gasteiger partial charge is 0.201 e. The van der Waals surface area contributed by atoms with E-state index in [1.165, 1.54) is 15.8 Å². The normalized spacial score (nSPS) is 11.3. The molecule has 0 fully saturated rings. The number of thiophene rings is 1. The zero-order valence-corrected chi connectivity index (χ0v) is 12.4. The van der Waals surface area contributed by atoms with Crippen molar-refractivity contribution in [1.82, 2.24) is 9.55 Å². The summed E-state index contributed by atoms with van der Waals surface area (Å²) in [6.07, 6.45) is 1.02. The number of nitrogens with two attached hydrogens (primary N) is 1. The lowest BCUT2D eigenvalue weighted by atomic mass is 10.3. The van der Waals surface area contributed by atoms with Gasteiger partial charge < -0.3 is 10.3 Å². The van der Waals surface area contributed by atoms with Crippen LogP contribution in [0.3, 0.4) is 0 Å². The van der Waals surface area contributed by atoms with Crippen LogP contribution in [-0.2, 0) is 13.0 Å². The minimum Gasteiger partial charge on any atom is -0.369 e. The summed E-state index contributed by atoms with van der Waals surface area (Å²) in [5, 5.41) is 0.0825. The van der Waals surface area contributed by atoms with Crippen molar-refractivity contribution in [3.63, 3.8) is 0 Å². The van der Waals surface area contributed by atoms with Crippen LogP contribution in [0, 0.1) is 5.82 Å². The summed E-state index contributed by atoms with van der Waals surface area (Å²) in [6.45, 7) is 2.74. The van der Waals surface area contributed by atoms with E-state index >= 15 is 0 Å². The van der Waals surface area contributed by atoms with Crippen LogP contribution in [-0.4, -0.2) is 9.55 Å². The molecule has 1 aromatic carbocycles. The molecule has 104 valence electrons. The van der Waals surface area contributed by atoms with Gasteiger partial charge in [0, 0.05) is 15.8 Å². The lowest BCUT2D eigenvalue weighted by Crippen LogP contribution is -2.03. The number of nitrogen functional groups attached to an aromatic ring is 1. The molecule has 0 atom stereocenters. The van der Waals surface area contributed by atoms with Gasteiger partial charge >= 0.3 is 0 Å². The first-order valence-corrected chi connectivity index (χ1v) is 7.46. The molecule has 0 spiro atoms. The number of rotatable bonds is 3. The van der Waals surface area contributed by atoms with Crippen LogP contribution in [0.25, 0.3) is 11.0 Å². The van der Waals surface area contributed by atoms with E-state index < -0.39 is 5.82 Å². The Kier molecular flexibility index (Phi) is 3.40. The minimum atomic E-state index is -0.479. The number of hydrogen-bond acceptors (Lipinski definition) is 3. The highest BCUT2D eigenvalue weighted by Crippen LogP contribution is 2.27. The Bertz CT molecular complexity index is 778. The molecule has 3 rings (SSSR count). The zero-order chi connectivity index (χ0) is 14.3. The zero-order valence-electron chi connectivity index (χ0n) is 10.9. The Morgan fingerprint density at radius 1 is 1.35 bits per heavy atom. The molecular weight excluding hydrogens is 297 g/mol. The molecule has 2 heterocycles. The average molecular weight is 310 g/mol. The Morgan fingerprint density at radius 3 is 2.80 bits per heavy atom. The van der Waals surface area contributed by atoms with Crippen molar-refractivity contribution in [3.8, 4) is 0 Å². The van der Waals surface area contributed by atoms with Crippen molar-refractivity contribution in [2.24, 2.45) is 0 Å². The first-order chi connectivity index (χ1) is 9.58. The third kappa shape index (κ3) is 2.27. The number of benzene rings is 1.